The standard InChI is InChI=1S/C20H21N3O4S/c1-26-17-9-6-15(7-10-17)20-22-19(27-23-20)13-21-28(24,25)18-11-8-14-4-2-3-5-16(14)12-18/h6-12,21H,2-5,13H2,1H3. The maximum absolute atomic E-state index is 12.6. The lowest BCUT2D eigenvalue weighted by Crippen LogP contribution is -2.23. The van der Waals surface area contributed by atoms with E-state index in [1.165, 1.54) is 5.56 Å². The summed E-state index contributed by atoms with van der Waals surface area (Å²) in [6.45, 7) is -0.0669. The van der Waals surface area contributed by atoms with Gasteiger partial charge in [0.25, 0.3) is 0 Å². The maximum Gasteiger partial charge on any atom is 0.242 e. The minimum Gasteiger partial charge on any atom is -0.497 e. The number of sulfonamides is 1. The molecule has 0 aliphatic heterocycles. The molecule has 2 aromatic carbocycles. The van der Waals surface area contributed by atoms with Gasteiger partial charge in [0.05, 0.1) is 18.6 Å². The molecule has 1 aromatic heterocycles. The number of nitrogens with one attached hydrogen (secondary N) is 1. The van der Waals surface area contributed by atoms with Crippen molar-refractivity contribution in [2.24, 2.45) is 0 Å². The Morgan fingerprint density at radius 2 is 1.82 bits per heavy atom. The molecule has 0 saturated heterocycles. The van der Waals surface area contributed by atoms with Crippen molar-refractivity contribution in [1.82, 2.24) is 14.9 Å². The van der Waals surface area contributed by atoms with E-state index in [1.54, 1.807) is 31.4 Å². The van der Waals surface area contributed by atoms with Gasteiger partial charge in [0.1, 0.15) is 5.75 Å². The topological polar surface area (TPSA) is 94.3 Å². The zero-order valence-electron chi connectivity index (χ0n) is 15.5. The fraction of sp³-hybridized carbons (Fsp3) is 0.300. The molecule has 0 atom stereocenters. The predicted octanol–water partition coefficient (Wildman–Crippen LogP) is 3.10. The molecule has 0 saturated carbocycles. The van der Waals surface area contributed by atoms with Crippen molar-refractivity contribution >= 4 is 10.0 Å². The molecule has 8 heteroatoms. The molecule has 7 nitrogen and oxygen atoms in total. The van der Waals surface area contributed by atoms with Crippen LogP contribution in [-0.2, 0) is 29.4 Å². The summed E-state index contributed by atoms with van der Waals surface area (Å²) in [7, 11) is -2.06. The molecule has 1 aliphatic carbocycles. The van der Waals surface area contributed by atoms with Gasteiger partial charge in [-0.2, -0.15) is 4.98 Å². The molecule has 146 valence electrons. The molecule has 0 unspecified atom stereocenters. The van der Waals surface area contributed by atoms with Crippen LogP contribution in [-0.4, -0.2) is 25.7 Å². The van der Waals surface area contributed by atoms with Crippen molar-refractivity contribution in [2.45, 2.75) is 37.1 Å². The van der Waals surface area contributed by atoms with Gasteiger partial charge in [-0.05, 0) is 73.2 Å². The summed E-state index contributed by atoms with van der Waals surface area (Å²) in [5, 5.41) is 3.91. The highest BCUT2D eigenvalue weighted by Gasteiger charge is 2.19. The van der Waals surface area contributed by atoms with Crippen LogP contribution >= 0.6 is 0 Å². The van der Waals surface area contributed by atoms with Crippen molar-refractivity contribution in [1.29, 1.82) is 0 Å². The molecular weight excluding hydrogens is 378 g/mol. The lowest BCUT2D eigenvalue weighted by atomic mass is 9.92. The molecular formula is C20H21N3O4S. The summed E-state index contributed by atoms with van der Waals surface area (Å²) in [5.74, 6) is 1.32. The van der Waals surface area contributed by atoms with E-state index in [0.717, 1.165) is 42.6 Å². The first-order valence-electron chi connectivity index (χ1n) is 9.14. The minimum atomic E-state index is -3.65. The summed E-state index contributed by atoms with van der Waals surface area (Å²) in [5.41, 5.74) is 3.12. The molecule has 28 heavy (non-hydrogen) atoms. The molecule has 1 N–H and O–H groups in total. The Bertz CT molecular complexity index is 1080. The third kappa shape index (κ3) is 3.93. The number of benzene rings is 2. The average Bonchev–Trinajstić information content (AvgIpc) is 3.21. The van der Waals surface area contributed by atoms with Gasteiger partial charge in [0.15, 0.2) is 0 Å². The molecule has 4 rings (SSSR count). The first kappa shape index (κ1) is 18.6. The second-order valence-corrected chi connectivity index (χ2v) is 8.47. The normalized spacial score (nSPS) is 13.9. The number of methoxy groups -OCH3 is 1. The third-order valence-electron chi connectivity index (χ3n) is 4.86. The number of fused-ring (bicyclic) bond motifs is 1. The fourth-order valence-corrected chi connectivity index (χ4v) is 4.33. The van der Waals surface area contributed by atoms with E-state index in [4.69, 9.17) is 9.26 Å². The van der Waals surface area contributed by atoms with E-state index < -0.39 is 10.0 Å². The number of nitrogens with zero attached hydrogens (tertiary/aromatic N) is 2. The van der Waals surface area contributed by atoms with Crippen LogP contribution in [0.15, 0.2) is 51.9 Å². The smallest absolute Gasteiger partial charge is 0.242 e. The van der Waals surface area contributed by atoms with Crippen molar-refractivity contribution in [2.75, 3.05) is 7.11 Å². The molecule has 0 fully saturated rings. The monoisotopic (exact) mass is 399 g/mol. The third-order valence-corrected chi connectivity index (χ3v) is 6.26. The summed E-state index contributed by atoms with van der Waals surface area (Å²) < 4.78 is 38.1. The highest BCUT2D eigenvalue weighted by molar-refractivity contribution is 7.89. The van der Waals surface area contributed by atoms with Gasteiger partial charge in [-0.1, -0.05) is 11.2 Å². The van der Waals surface area contributed by atoms with Gasteiger partial charge >= 0.3 is 0 Å². The van der Waals surface area contributed by atoms with Crippen LogP contribution < -0.4 is 9.46 Å². The maximum atomic E-state index is 12.6. The van der Waals surface area contributed by atoms with Crippen molar-refractivity contribution < 1.29 is 17.7 Å². The quantitative estimate of drug-likeness (QED) is 0.684. The zero-order chi connectivity index (χ0) is 19.6. The number of aryl methyl sites for hydroxylation is 2. The van der Waals surface area contributed by atoms with Crippen molar-refractivity contribution in [3.05, 3.63) is 59.5 Å². The van der Waals surface area contributed by atoms with Gasteiger partial charge in [-0.25, -0.2) is 13.1 Å². The second-order valence-electron chi connectivity index (χ2n) is 6.70. The summed E-state index contributed by atoms with van der Waals surface area (Å²) in [6, 6.07) is 12.6. The van der Waals surface area contributed by atoms with Crippen LogP contribution in [0.2, 0.25) is 0 Å². The van der Waals surface area contributed by atoms with E-state index in [2.05, 4.69) is 14.9 Å². The van der Waals surface area contributed by atoms with Gasteiger partial charge in [0, 0.05) is 5.56 Å². The van der Waals surface area contributed by atoms with E-state index >= 15 is 0 Å². The van der Waals surface area contributed by atoms with Crippen LogP contribution in [0.4, 0.5) is 0 Å². The molecule has 3 aromatic rings. The first-order chi connectivity index (χ1) is 13.5. The summed E-state index contributed by atoms with van der Waals surface area (Å²) in [6.07, 6.45) is 4.19. The highest BCUT2D eigenvalue weighted by Crippen LogP contribution is 2.24. The van der Waals surface area contributed by atoms with E-state index in [0.29, 0.717) is 5.82 Å². The van der Waals surface area contributed by atoms with Gasteiger partial charge in [-0.3, -0.25) is 0 Å². The Kier molecular flexibility index (Phi) is 5.15. The zero-order valence-corrected chi connectivity index (χ0v) is 16.3. The fourth-order valence-electron chi connectivity index (χ4n) is 3.30. The number of aromatic nitrogens is 2. The van der Waals surface area contributed by atoms with Gasteiger partial charge < -0.3 is 9.26 Å². The summed E-state index contributed by atoms with van der Waals surface area (Å²) in [4.78, 5) is 4.52. The van der Waals surface area contributed by atoms with E-state index in [1.807, 2.05) is 18.2 Å². The minimum absolute atomic E-state index is 0.0669. The lowest BCUT2D eigenvalue weighted by Gasteiger charge is -2.16. The molecule has 0 amide bonds. The molecule has 1 aliphatic rings. The van der Waals surface area contributed by atoms with Crippen LogP contribution in [0.5, 0.6) is 5.75 Å². The van der Waals surface area contributed by atoms with Crippen molar-refractivity contribution in [3.8, 4) is 17.1 Å². The largest absolute Gasteiger partial charge is 0.497 e. The van der Waals surface area contributed by atoms with Crippen LogP contribution in [0.25, 0.3) is 11.4 Å². The number of ether oxygens (including phenoxy) is 1. The van der Waals surface area contributed by atoms with Crippen LogP contribution in [0.1, 0.15) is 29.9 Å². The number of hydrogen-bond acceptors (Lipinski definition) is 6. The second kappa shape index (κ2) is 7.73. The van der Waals surface area contributed by atoms with Crippen molar-refractivity contribution in [3.63, 3.8) is 0 Å². The van der Waals surface area contributed by atoms with E-state index in [-0.39, 0.29) is 17.3 Å². The Balaban J connectivity index is 1.46. The predicted molar refractivity (Wildman–Crippen MR) is 103 cm³/mol. The average molecular weight is 399 g/mol. The Labute approximate surface area is 163 Å². The van der Waals surface area contributed by atoms with Crippen LogP contribution in [0, 0.1) is 0 Å². The molecule has 0 radical (unpaired) electrons. The number of hydrogen-bond donors (Lipinski definition) is 1. The van der Waals surface area contributed by atoms with Gasteiger partial charge in [-0.15, -0.1) is 0 Å². The Hall–Kier alpha value is -2.71. The summed E-state index contributed by atoms with van der Waals surface area (Å²) >= 11 is 0. The SMILES string of the molecule is COc1ccc(-c2noc(CNS(=O)(=O)c3ccc4c(c3)CCCC4)n2)cc1. The van der Waals surface area contributed by atoms with E-state index in [9.17, 15) is 8.42 Å². The molecule has 0 bridgehead atoms. The van der Waals surface area contributed by atoms with Gasteiger partial charge in [0.2, 0.25) is 21.7 Å². The van der Waals surface area contributed by atoms with Crippen LogP contribution in [0.3, 0.4) is 0 Å². The Morgan fingerprint density at radius 1 is 1.07 bits per heavy atom. The lowest BCUT2D eigenvalue weighted by molar-refractivity contribution is 0.376. The molecule has 0 spiro atoms. The highest BCUT2D eigenvalue weighted by atomic mass is 32.2. The molecule has 1 heterocycles. The first-order valence-corrected chi connectivity index (χ1v) is 10.6. The number of rotatable bonds is 6. The Morgan fingerprint density at radius 3 is 2.57 bits per heavy atom.